The number of hydrazone groups is 1. The van der Waals surface area contributed by atoms with E-state index >= 15 is 0 Å². The third-order valence-electron chi connectivity index (χ3n) is 4.92. The van der Waals surface area contributed by atoms with Crippen LogP contribution in [0.2, 0.25) is 0 Å². The van der Waals surface area contributed by atoms with Gasteiger partial charge in [-0.1, -0.05) is 23.9 Å². The molecule has 0 saturated heterocycles. The second-order valence-electron chi connectivity index (χ2n) is 6.89. The number of thioether (sulfide) groups is 1. The van der Waals surface area contributed by atoms with Crippen molar-refractivity contribution in [2.75, 3.05) is 5.75 Å². The molecule has 1 amide bonds. The Balaban J connectivity index is 1.34. The maximum Gasteiger partial charge on any atom is 0.253 e. The first kappa shape index (κ1) is 20.1. The van der Waals surface area contributed by atoms with Gasteiger partial charge in [-0.05, 0) is 35.0 Å². The number of nitrogens with zero attached hydrogens (tertiary/aromatic N) is 6. The van der Waals surface area contributed by atoms with Gasteiger partial charge in [0.1, 0.15) is 0 Å². The van der Waals surface area contributed by atoms with Crippen molar-refractivity contribution in [2.45, 2.75) is 17.6 Å². The third kappa shape index (κ3) is 4.06. The second-order valence-corrected chi connectivity index (χ2v) is 9.76. The van der Waals surface area contributed by atoms with Gasteiger partial charge in [0.25, 0.3) is 5.91 Å². The Kier molecular flexibility index (Phi) is 5.66. The molecule has 0 bridgehead atoms. The van der Waals surface area contributed by atoms with Crippen LogP contribution < -0.4 is 0 Å². The van der Waals surface area contributed by atoms with E-state index < -0.39 is 0 Å². The first-order chi connectivity index (χ1) is 15.2. The lowest BCUT2D eigenvalue weighted by molar-refractivity contribution is -0.130. The number of carbonyl (C=O) groups is 1. The molecule has 0 radical (unpaired) electrons. The summed E-state index contributed by atoms with van der Waals surface area (Å²) in [5.41, 5.74) is 1.85. The van der Waals surface area contributed by atoms with Crippen LogP contribution in [0.5, 0.6) is 0 Å². The molecule has 0 fully saturated rings. The Labute approximate surface area is 191 Å². The van der Waals surface area contributed by atoms with Crippen molar-refractivity contribution in [1.29, 1.82) is 0 Å². The van der Waals surface area contributed by atoms with Gasteiger partial charge in [-0.2, -0.15) is 5.10 Å². The number of hydrogen-bond acceptors (Lipinski definition) is 8. The van der Waals surface area contributed by atoms with E-state index in [1.54, 1.807) is 40.1 Å². The molecule has 1 atom stereocenters. The average Bonchev–Trinajstić information content (AvgIpc) is 3.59. The van der Waals surface area contributed by atoms with E-state index in [-0.39, 0.29) is 17.7 Å². The van der Waals surface area contributed by atoms with Gasteiger partial charge >= 0.3 is 0 Å². The van der Waals surface area contributed by atoms with E-state index in [2.05, 4.69) is 27.3 Å². The van der Waals surface area contributed by atoms with Crippen LogP contribution in [-0.4, -0.2) is 42.1 Å². The fraction of sp³-hybridized carbons (Fsp3) is 0.190. The molecule has 5 rings (SSSR count). The van der Waals surface area contributed by atoms with E-state index in [1.165, 1.54) is 11.8 Å². The van der Waals surface area contributed by atoms with Gasteiger partial charge < -0.3 is 4.57 Å². The number of amides is 1. The smallest absolute Gasteiger partial charge is 0.253 e. The standard InChI is InChI=1S/C21H18N6OS3/c1-26-20(14-5-2-8-22-12-14)23-24-21(26)31-13-19(28)27-16(18-7-4-10-30-18)11-15(25-27)17-6-3-9-29-17/h2-10,12,16H,11,13H2,1H3/t16-/m1/s1. The van der Waals surface area contributed by atoms with Crippen molar-refractivity contribution in [3.8, 4) is 11.4 Å². The molecule has 156 valence electrons. The fourth-order valence-corrected chi connectivity index (χ4v) is 5.71. The molecule has 7 nitrogen and oxygen atoms in total. The molecule has 0 aliphatic carbocycles. The van der Waals surface area contributed by atoms with Crippen LogP contribution in [-0.2, 0) is 11.8 Å². The summed E-state index contributed by atoms with van der Waals surface area (Å²) in [7, 11) is 1.90. The van der Waals surface area contributed by atoms with Crippen molar-refractivity contribution >= 4 is 46.1 Å². The molecule has 10 heteroatoms. The van der Waals surface area contributed by atoms with Gasteiger partial charge in [-0.3, -0.25) is 9.78 Å². The first-order valence-electron chi connectivity index (χ1n) is 9.60. The van der Waals surface area contributed by atoms with Crippen LogP contribution in [0.4, 0.5) is 0 Å². The van der Waals surface area contributed by atoms with Crippen molar-refractivity contribution < 1.29 is 4.79 Å². The first-order valence-corrected chi connectivity index (χ1v) is 12.3. The molecule has 0 aromatic carbocycles. The molecule has 0 N–H and O–H groups in total. The van der Waals surface area contributed by atoms with Crippen molar-refractivity contribution in [1.82, 2.24) is 24.8 Å². The van der Waals surface area contributed by atoms with Crippen LogP contribution in [0.1, 0.15) is 22.2 Å². The maximum absolute atomic E-state index is 13.2. The highest BCUT2D eigenvalue weighted by molar-refractivity contribution is 7.99. The lowest BCUT2D eigenvalue weighted by Gasteiger charge is -2.20. The number of carbonyl (C=O) groups excluding carboxylic acids is 1. The third-order valence-corrected chi connectivity index (χ3v) is 7.82. The Morgan fingerprint density at radius 3 is 2.77 bits per heavy atom. The predicted octanol–water partition coefficient (Wildman–Crippen LogP) is 4.47. The lowest BCUT2D eigenvalue weighted by atomic mass is 10.1. The summed E-state index contributed by atoms with van der Waals surface area (Å²) in [5, 5.41) is 19.6. The zero-order valence-corrected chi connectivity index (χ0v) is 19.0. The highest BCUT2D eigenvalue weighted by Crippen LogP contribution is 2.36. The fourth-order valence-electron chi connectivity index (χ4n) is 3.41. The lowest BCUT2D eigenvalue weighted by Crippen LogP contribution is -2.28. The highest BCUT2D eigenvalue weighted by Gasteiger charge is 2.34. The van der Waals surface area contributed by atoms with E-state index in [0.29, 0.717) is 5.16 Å². The quantitative estimate of drug-likeness (QED) is 0.392. The SMILES string of the molecule is Cn1c(SCC(=O)N2N=C(c3cccs3)C[C@@H]2c2cccs2)nnc1-c1cccnc1. The van der Waals surface area contributed by atoms with Gasteiger partial charge in [-0.15, -0.1) is 32.9 Å². The normalized spacial score (nSPS) is 16.0. The monoisotopic (exact) mass is 466 g/mol. The average molecular weight is 467 g/mol. The molecule has 1 aliphatic heterocycles. The largest absolute Gasteiger partial charge is 0.305 e. The van der Waals surface area contributed by atoms with Crippen molar-refractivity contribution in [2.24, 2.45) is 12.1 Å². The molecule has 0 unspecified atom stereocenters. The maximum atomic E-state index is 13.2. The minimum absolute atomic E-state index is 0.0408. The van der Waals surface area contributed by atoms with Crippen LogP contribution in [0.3, 0.4) is 0 Å². The number of thiophene rings is 2. The summed E-state index contributed by atoms with van der Waals surface area (Å²) in [6.07, 6.45) is 4.20. The van der Waals surface area contributed by atoms with Gasteiger partial charge in [0.15, 0.2) is 11.0 Å². The van der Waals surface area contributed by atoms with Crippen LogP contribution in [0, 0.1) is 0 Å². The minimum Gasteiger partial charge on any atom is -0.305 e. The second kappa shape index (κ2) is 8.74. The minimum atomic E-state index is -0.0596. The molecule has 0 spiro atoms. The molecule has 4 aromatic heterocycles. The topological polar surface area (TPSA) is 76.3 Å². The Morgan fingerprint density at radius 1 is 1.16 bits per heavy atom. The molecular weight excluding hydrogens is 448 g/mol. The zero-order chi connectivity index (χ0) is 21.2. The van der Waals surface area contributed by atoms with Gasteiger partial charge in [0.05, 0.1) is 22.4 Å². The van der Waals surface area contributed by atoms with Crippen LogP contribution >= 0.6 is 34.4 Å². The number of aromatic nitrogens is 4. The summed E-state index contributed by atoms with van der Waals surface area (Å²) in [6, 6.07) is 11.9. The highest BCUT2D eigenvalue weighted by atomic mass is 32.2. The Hall–Kier alpha value is -2.82. The Morgan fingerprint density at radius 2 is 2.03 bits per heavy atom. The predicted molar refractivity (Wildman–Crippen MR) is 124 cm³/mol. The number of hydrogen-bond donors (Lipinski definition) is 0. The van der Waals surface area contributed by atoms with Crippen molar-refractivity contribution in [3.63, 3.8) is 0 Å². The molecular formula is C21H18N6OS3. The summed E-state index contributed by atoms with van der Waals surface area (Å²) in [4.78, 5) is 19.6. The van der Waals surface area contributed by atoms with Gasteiger partial charge in [0.2, 0.25) is 0 Å². The van der Waals surface area contributed by atoms with Gasteiger partial charge in [0, 0.05) is 36.3 Å². The van der Waals surface area contributed by atoms with Crippen LogP contribution in [0.25, 0.3) is 11.4 Å². The van der Waals surface area contributed by atoms with E-state index in [0.717, 1.165) is 33.3 Å². The number of rotatable bonds is 6. The summed E-state index contributed by atoms with van der Waals surface area (Å²) < 4.78 is 1.88. The zero-order valence-electron chi connectivity index (χ0n) is 16.6. The van der Waals surface area contributed by atoms with Gasteiger partial charge in [-0.25, -0.2) is 5.01 Å². The van der Waals surface area contributed by atoms with Crippen LogP contribution in [0.15, 0.2) is 69.8 Å². The van der Waals surface area contributed by atoms with E-state index in [1.807, 2.05) is 46.6 Å². The van der Waals surface area contributed by atoms with Crippen molar-refractivity contribution in [3.05, 3.63) is 69.3 Å². The number of pyridine rings is 1. The summed E-state index contributed by atoms with van der Waals surface area (Å²) in [6.45, 7) is 0. The molecule has 1 aliphatic rings. The van der Waals surface area contributed by atoms with E-state index in [9.17, 15) is 4.79 Å². The molecule has 0 saturated carbocycles. The van der Waals surface area contributed by atoms with E-state index in [4.69, 9.17) is 5.10 Å². The molecule has 5 heterocycles. The summed E-state index contributed by atoms with van der Waals surface area (Å²) in [5.74, 6) is 0.918. The Bertz CT molecular complexity index is 1200. The molecule has 31 heavy (non-hydrogen) atoms. The molecule has 4 aromatic rings. The summed E-state index contributed by atoms with van der Waals surface area (Å²) >= 11 is 4.67.